The van der Waals surface area contributed by atoms with Crippen LogP contribution in [0.25, 0.3) is 11.1 Å². The van der Waals surface area contributed by atoms with Gasteiger partial charge in [0.05, 0.1) is 11.1 Å². The van der Waals surface area contributed by atoms with Crippen LogP contribution in [0.5, 0.6) is 0 Å². The average Bonchev–Trinajstić information content (AvgIpc) is 2.38. The van der Waals surface area contributed by atoms with E-state index in [-0.39, 0.29) is 5.56 Å². The van der Waals surface area contributed by atoms with Crippen molar-refractivity contribution in [3.05, 3.63) is 59.2 Å². The van der Waals surface area contributed by atoms with Gasteiger partial charge in [-0.3, -0.25) is 0 Å². The summed E-state index contributed by atoms with van der Waals surface area (Å²) in [5, 5.41) is 8.95. The van der Waals surface area contributed by atoms with E-state index >= 15 is 0 Å². The summed E-state index contributed by atoms with van der Waals surface area (Å²) in [7, 11) is 0. The van der Waals surface area contributed by atoms with Crippen molar-refractivity contribution < 1.29 is 23.1 Å². The quantitative estimate of drug-likeness (QED) is 0.886. The largest absolute Gasteiger partial charge is 0.478 e. The van der Waals surface area contributed by atoms with E-state index in [1.165, 1.54) is 24.3 Å². The summed E-state index contributed by atoms with van der Waals surface area (Å²) in [6, 6.07) is 9.22. The molecule has 5 heteroatoms. The SMILES string of the molecule is Cc1ccc(C(=O)O)cc1-c1ccc(C(F)(F)F)cc1. The molecule has 0 amide bonds. The molecular formula is C15H11F3O2. The first-order valence-corrected chi connectivity index (χ1v) is 5.80. The van der Waals surface area contributed by atoms with Gasteiger partial charge in [-0.1, -0.05) is 18.2 Å². The van der Waals surface area contributed by atoms with E-state index in [9.17, 15) is 18.0 Å². The van der Waals surface area contributed by atoms with Crippen molar-refractivity contribution in [2.75, 3.05) is 0 Å². The lowest BCUT2D eigenvalue weighted by atomic mass is 9.97. The Kier molecular flexibility index (Phi) is 3.53. The van der Waals surface area contributed by atoms with Gasteiger partial charge in [-0.2, -0.15) is 13.2 Å². The molecule has 0 unspecified atom stereocenters. The lowest BCUT2D eigenvalue weighted by Crippen LogP contribution is -2.04. The summed E-state index contributed by atoms with van der Waals surface area (Å²) in [5.74, 6) is -1.07. The van der Waals surface area contributed by atoms with E-state index in [0.717, 1.165) is 17.7 Å². The van der Waals surface area contributed by atoms with Gasteiger partial charge in [0.1, 0.15) is 0 Å². The molecule has 0 bridgehead atoms. The van der Waals surface area contributed by atoms with Crippen molar-refractivity contribution in [1.82, 2.24) is 0 Å². The lowest BCUT2D eigenvalue weighted by molar-refractivity contribution is -0.137. The molecule has 0 aliphatic rings. The minimum atomic E-state index is -4.38. The molecule has 20 heavy (non-hydrogen) atoms. The molecule has 0 saturated carbocycles. The fraction of sp³-hybridized carbons (Fsp3) is 0.133. The molecule has 0 radical (unpaired) electrons. The second-order valence-corrected chi connectivity index (χ2v) is 4.41. The zero-order valence-corrected chi connectivity index (χ0v) is 10.5. The second kappa shape index (κ2) is 5.00. The predicted octanol–water partition coefficient (Wildman–Crippen LogP) is 4.38. The van der Waals surface area contributed by atoms with Crippen LogP contribution in [0.4, 0.5) is 13.2 Å². The van der Waals surface area contributed by atoms with Gasteiger partial charge in [0.2, 0.25) is 0 Å². The first-order valence-electron chi connectivity index (χ1n) is 5.80. The van der Waals surface area contributed by atoms with Crippen LogP contribution in [-0.4, -0.2) is 11.1 Å². The Morgan fingerprint density at radius 2 is 1.65 bits per heavy atom. The maximum atomic E-state index is 12.5. The number of aryl methyl sites for hydroxylation is 1. The van der Waals surface area contributed by atoms with Crippen LogP contribution in [0.3, 0.4) is 0 Å². The Balaban J connectivity index is 2.46. The fourth-order valence-corrected chi connectivity index (χ4v) is 1.90. The zero-order chi connectivity index (χ0) is 14.9. The van der Waals surface area contributed by atoms with E-state index in [4.69, 9.17) is 5.11 Å². The first-order chi connectivity index (χ1) is 9.29. The lowest BCUT2D eigenvalue weighted by Gasteiger charge is -2.10. The summed E-state index contributed by atoms with van der Waals surface area (Å²) in [4.78, 5) is 10.9. The van der Waals surface area contributed by atoms with Crippen molar-refractivity contribution in [3.63, 3.8) is 0 Å². The maximum absolute atomic E-state index is 12.5. The van der Waals surface area contributed by atoms with E-state index in [2.05, 4.69) is 0 Å². The van der Waals surface area contributed by atoms with Crippen molar-refractivity contribution in [1.29, 1.82) is 0 Å². The summed E-state index contributed by atoms with van der Waals surface area (Å²) in [6.07, 6.45) is -4.38. The molecule has 2 aromatic carbocycles. The topological polar surface area (TPSA) is 37.3 Å². The van der Waals surface area contributed by atoms with Crippen LogP contribution in [-0.2, 0) is 6.18 Å². The molecule has 2 rings (SSSR count). The normalized spacial score (nSPS) is 11.4. The van der Waals surface area contributed by atoms with Gasteiger partial charge in [0.15, 0.2) is 0 Å². The molecule has 2 aromatic rings. The smallest absolute Gasteiger partial charge is 0.416 e. The minimum Gasteiger partial charge on any atom is -0.478 e. The maximum Gasteiger partial charge on any atom is 0.416 e. The van der Waals surface area contributed by atoms with Crippen molar-refractivity contribution in [2.45, 2.75) is 13.1 Å². The Morgan fingerprint density at radius 1 is 1.05 bits per heavy atom. The van der Waals surface area contributed by atoms with Gasteiger partial charge in [-0.15, -0.1) is 0 Å². The molecule has 0 aliphatic carbocycles. The van der Waals surface area contributed by atoms with E-state index in [1.54, 1.807) is 13.0 Å². The number of carboxylic acids is 1. The number of hydrogen-bond acceptors (Lipinski definition) is 1. The van der Waals surface area contributed by atoms with Gasteiger partial charge in [0, 0.05) is 0 Å². The number of alkyl halides is 3. The number of benzene rings is 2. The van der Waals surface area contributed by atoms with Crippen LogP contribution in [0, 0.1) is 6.92 Å². The Bertz CT molecular complexity index is 643. The Morgan fingerprint density at radius 3 is 2.15 bits per heavy atom. The van der Waals surface area contributed by atoms with Gasteiger partial charge in [0.25, 0.3) is 0 Å². The molecule has 1 N–H and O–H groups in total. The molecule has 0 saturated heterocycles. The molecule has 0 aliphatic heterocycles. The van der Waals surface area contributed by atoms with Gasteiger partial charge < -0.3 is 5.11 Å². The highest BCUT2D eigenvalue weighted by molar-refractivity contribution is 5.90. The van der Waals surface area contributed by atoms with Crippen LogP contribution >= 0.6 is 0 Å². The molecular weight excluding hydrogens is 269 g/mol. The highest BCUT2D eigenvalue weighted by Gasteiger charge is 2.30. The molecule has 0 heterocycles. The van der Waals surface area contributed by atoms with Crippen molar-refractivity contribution in [2.24, 2.45) is 0 Å². The highest BCUT2D eigenvalue weighted by atomic mass is 19.4. The fourth-order valence-electron chi connectivity index (χ4n) is 1.90. The number of carbonyl (C=O) groups is 1. The Hall–Kier alpha value is -2.30. The number of hydrogen-bond donors (Lipinski definition) is 1. The predicted molar refractivity (Wildman–Crippen MR) is 68.6 cm³/mol. The third-order valence-corrected chi connectivity index (χ3v) is 3.01. The summed E-state index contributed by atoms with van der Waals surface area (Å²) < 4.78 is 37.5. The number of rotatable bonds is 2. The number of aromatic carboxylic acids is 1. The average molecular weight is 280 g/mol. The third kappa shape index (κ3) is 2.82. The standard InChI is InChI=1S/C15H11F3O2/c1-9-2-3-11(14(19)20)8-13(9)10-4-6-12(7-5-10)15(16,17)18/h2-8H,1H3,(H,19,20). The van der Waals surface area contributed by atoms with Crippen molar-refractivity contribution in [3.8, 4) is 11.1 Å². The van der Waals surface area contributed by atoms with Gasteiger partial charge in [-0.25, -0.2) is 4.79 Å². The number of halogens is 3. The van der Waals surface area contributed by atoms with Crippen LogP contribution < -0.4 is 0 Å². The summed E-state index contributed by atoms with van der Waals surface area (Å²) in [6.45, 7) is 1.78. The van der Waals surface area contributed by atoms with Crippen LogP contribution in [0.1, 0.15) is 21.5 Å². The zero-order valence-electron chi connectivity index (χ0n) is 10.5. The molecule has 2 nitrogen and oxygen atoms in total. The van der Waals surface area contributed by atoms with E-state index in [1.807, 2.05) is 0 Å². The van der Waals surface area contributed by atoms with E-state index < -0.39 is 17.7 Å². The third-order valence-electron chi connectivity index (χ3n) is 3.01. The first kappa shape index (κ1) is 14.1. The minimum absolute atomic E-state index is 0.102. The van der Waals surface area contributed by atoms with Gasteiger partial charge >= 0.3 is 12.1 Å². The molecule has 0 atom stereocenters. The Labute approximate surface area is 113 Å². The molecule has 0 fully saturated rings. The summed E-state index contributed by atoms with van der Waals surface area (Å²) >= 11 is 0. The molecule has 0 aromatic heterocycles. The molecule has 104 valence electrons. The highest BCUT2D eigenvalue weighted by Crippen LogP contribution is 2.32. The monoisotopic (exact) mass is 280 g/mol. The van der Waals surface area contributed by atoms with Crippen molar-refractivity contribution >= 4 is 5.97 Å². The van der Waals surface area contributed by atoms with Crippen LogP contribution in [0.15, 0.2) is 42.5 Å². The van der Waals surface area contributed by atoms with E-state index in [0.29, 0.717) is 11.1 Å². The second-order valence-electron chi connectivity index (χ2n) is 4.41. The van der Waals surface area contributed by atoms with Crippen LogP contribution in [0.2, 0.25) is 0 Å². The molecule has 0 spiro atoms. The number of carboxylic acid groups (broad SMARTS) is 1. The summed E-state index contributed by atoms with van der Waals surface area (Å²) in [5.41, 5.74) is 1.34. The van der Waals surface area contributed by atoms with Gasteiger partial charge in [-0.05, 0) is 47.9 Å².